The maximum atomic E-state index is 13.8. The fourth-order valence-corrected chi connectivity index (χ4v) is 6.32. The highest BCUT2D eigenvalue weighted by molar-refractivity contribution is 6.31. The predicted octanol–water partition coefficient (Wildman–Crippen LogP) is 8.49. The number of aliphatic hydroxyl groups excluding tert-OH is 1. The van der Waals surface area contributed by atoms with Crippen LogP contribution in [0.1, 0.15) is 52.0 Å². The summed E-state index contributed by atoms with van der Waals surface area (Å²) in [5.41, 5.74) is 0.191. The molecule has 0 bridgehead atoms. The number of hydrogen-bond acceptors (Lipinski definition) is 6. The van der Waals surface area contributed by atoms with E-state index in [-0.39, 0.29) is 59.7 Å². The quantitative estimate of drug-likeness (QED) is 0.140. The van der Waals surface area contributed by atoms with Crippen LogP contribution < -0.4 is 14.8 Å². The lowest BCUT2D eigenvalue weighted by Crippen LogP contribution is -2.49. The second-order valence-electron chi connectivity index (χ2n) is 13.7. The van der Waals surface area contributed by atoms with E-state index in [9.17, 15) is 41.0 Å². The third-order valence-electron chi connectivity index (χ3n) is 9.25. The van der Waals surface area contributed by atoms with Gasteiger partial charge in [0.05, 0.1) is 41.4 Å². The van der Waals surface area contributed by atoms with Gasteiger partial charge in [0.2, 0.25) is 5.91 Å². The van der Waals surface area contributed by atoms with E-state index < -0.39 is 47.4 Å². The molecule has 2 N–H and O–H groups in total. The van der Waals surface area contributed by atoms with E-state index in [4.69, 9.17) is 21.1 Å². The number of amides is 2. The number of nitrogens with one attached hydrogen (secondary N) is 1. The Bertz CT molecular complexity index is 1960. The smallest absolute Gasteiger partial charge is 0.416 e. The Labute approximate surface area is 319 Å². The summed E-state index contributed by atoms with van der Waals surface area (Å²) in [5, 5.41) is 12.9. The molecule has 0 fully saturated rings. The predicted molar refractivity (Wildman–Crippen MR) is 195 cm³/mol. The van der Waals surface area contributed by atoms with Crippen LogP contribution in [0, 0.1) is 5.92 Å². The highest BCUT2D eigenvalue weighted by Crippen LogP contribution is 2.36. The summed E-state index contributed by atoms with van der Waals surface area (Å²) in [6, 6.07) is 18.6. The van der Waals surface area contributed by atoms with Gasteiger partial charge in [-0.25, -0.2) is 0 Å². The Morgan fingerprint density at radius 3 is 2.25 bits per heavy atom. The number of fused-ring (bicyclic) bond motifs is 1. The molecule has 0 spiro atoms. The standard InChI is InChI=1S/C40H40ClF6N3O5/c1-24-19-50(25(2)22-51)38(53)32-5-4-6-34(48-36(52)17-26-7-11-29(12-8-26)39(42,43)44)37(32)55-35(24)21-49(3)20-27-9-14-31(15-10-27)54-23-28-18-30(40(45,46)47)13-16-33(28)41/h4-16,18,24-25,35,51H,17,19-23H2,1-3H3,(H,48,52)/t24-,25+,35-/m1/s1. The van der Waals surface area contributed by atoms with Crippen LogP contribution in [0.5, 0.6) is 11.5 Å². The number of nitrogens with zero attached hydrogens (tertiary/aromatic N) is 2. The highest BCUT2D eigenvalue weighted by atomic mass is 35.5. The first-order chi connectivity index (χ1) is 25.9. The van der Waals surface area contributed by atoms with Crippen molar-refractivity contribution in [3.05, 3.63) is 123 Å². The molecule has 3 atom stereocenters. The number of halogens is 7. The van der Waals surface area contributed by atoms with Gasteiger partial charge in [-0.05, 0) is 79.7 Å². The van der Waals surface area contributed by atoms with Crippen molar-refractivity contribution in [3.63, 3.8) is 0 Å². The van der Waals surface area contributed by atoms with Gasteiger partial charge >= 0.3 is 12.4 Å². The van der Waals surface area contributed by atoms with Crippen molar-refractivity contribution >= 4 is 29.1 Å². The highest BCUT2D eigenvalue weighted by Gasteiger charge is 2.35. The largest absolute Gasteiger partial charge is 0.489 e. The minimum absolute atomic E-state index is 0.135. The number of aliphatic hydroxyl groups is 1. The average molecular weight is 792 g/mol. The van der Waals surface area contributed by atoms with Crippen LogP contribution in [0.25, 0.3) is 0 Å². The van der Waals surface area contributed by atoms with Crippen molar-refractivity contribution in [3.8, 4) is 11.5 Å². The first kappa shape index (κ1) is 41.4. The lowest BCUT2D eigenvalue weighted by atomic mass is 9.98. The van der Waals surface area contributed by atoms with Gasteiger partial charge in [0.25, 0.3) is 5.91 Å². The first-order valence-electron chi connectivity index (χ1n) is 17.4. The number of likely N-dealkylation sites (N-methyl/N-ethyl adjacent to an activating group) is 1. The van der Waals surface area contributed by atoms with Crippen LogP contribution in [-0.4, -0.2) is 65.6 Å². The molecule has 4 aromatic rings. The van der Waals surface area contributed by atoms with Gasteiger partial charge in [0.1, 0.15) is 18.5 Å². The molecule has 1 aliphatic heterocycles. The van der Waals surface area contributed by atoms with Crippen molar-refractivity contribution in [1.82, 2.24) is 9.80 Å². The summed E-state index contributed by atoms with van der Waals surface area (Å²) in [6.45, 7) is 4.30. The molecule has 0 saturated carbocycles. The molecule has 8 nitrogen and oxygen atoms in total. The third-order valence-corrected chi connectivity index (χ3v) is 9.61. The van der Waals surface area contributed by atoms with Crippen LogP contribution in [0.3, 0.4) is 0 Å². The maximum absolute atomic E-state index is 13.8. The number of benzene rings is 4. The zero-order valence-corrected chi connectivity index (χ0v) is 30.9. The Morgan fingerprint density at radius 2 is 1.62 bits per heavy atom. The normalized spacial score (nSPS) is 16.9. The minimum Gasteiger partial charge on any atom is -0.489 e. The molecule has 55 heavy (non-hydrogen) atoms. The second kappa shape index (κ2) is 17.3. The maximum Gasteiger partial charge on any atom is 0.416 e. The Balaban J connectivity index is 1.30. The lowest BCUT2D eigenvalue weighted by molar-refractivity contribution is -0.138. The van der Waals surface area contributed by atoms with Crippen molar-refractivity contribution in [2.45, 2.75) is 57.9 Å². The van der Waals surface area contributed by atoms with E-state index in [0.717, 1.165) is 29.8 Å². The number of para-hydroxylation sites is 1. The third kappa shape index (κ3) is 10.7. The van der Waals surface area contributed by atoms with E-state index in [1.807, 2.05) is 31.0 Å². The van der Waals surface area contributed by atoms with Crippen molar-refractivity contribution in [1.29, 1.82) is 0 Å². The Hall–Kier alpha value is -4.79. The molecule has 1 aliphatic rings. The molecule has 2 amide bonds. The van der Waals surface area contributed by atoms with Crippen LogP contribution in [0.2, 0.25) is 5.02 Å². The molecule has 294 valence electrons. The number of carbonyl (C=O) groups excluding carboxylic acids is 2. The Kier molecular flexibility index (Phi) is 13.0. The SMILES string of the molecule is C[C@@H]1CN([C@@H](C)CO)C(=O)c2cccc(NC(=O)Cc3ccc(C(F)(F)F)cc3)c2O[C@@H]1CN(C)Cc1ccc(OCc2cc(C(F)(F)F)ccc2Cl)cc1. The van der Waals surface area contributed by atoms with Crippen LogP contribution >= 0.6 is 11.6 Å². The molecule has 1 heterocycles. The number of hydrogen-bond donors (Lipinski definition) is 2. The van der Waals surface area contributed by atoms with Gasteiger partial charge in [0, 0.05) is 36.1 Å². The van der Waals surface area contributed by atoms with Gasteiger partial charge < -0.3 is 24.8 Å². The molecule has 0 aromatic heterocycles. The van der Waals surface area contributed by atoms with E-state index in [2.05, 4.69) is 5.32 Å². The van der Waals surface area contributed by atoms with Gasteiger partial charge in [-0.15, -0.1) is 0 Å². The fraction of sp³-hybridized carbons (Fsp3) is 0.350. The van der Waals surface area contributed by atoms with Gasteiger partial charge in [0.15, 0.2) is 5.75 Å². The molecule has 4 aromatic carbocycles. The second-order valence-corrected chi connectivity index (χ2v) is 14.1. The van der Waals surface area contributed by atoms with Crippen LogP contribution in [0.15, 0.2) is 84.9 Å². The molecular formula is C40H40ClF6N3O5. The van der Waals surface area contributed by atoms with E-state index in [1.54, 1.807) is 42.2 Å². The summed E-state index contributed by atoms with van der Waals surface area (Å²) >= 11 is 6.11. The molecule has 5 rings (SSSR count). The van der Waals surface area contributed by atoms with Crippen molar-refractivity contribution in [2.75, 3.05) is 32.1 Å². The number of carbonyl (C=O) groups is 2. The first-order valence-corrected chi connectivity index (χ1v) is 17.7. The van der Waals surface area contributed by atoms with Gasteiger partial charge in [-0.3, -0.25) is 14.5 Å². The monoisotopic (exact) mass is 791 g/mol. The number of alkyl halides is 6. The number of rotatable bonds is 12. The van der Waals surface area contributed by atoms with Crippen molar-refractivity contribution < 1.29 is 50.5 Å². The van der Waals surface area contributed by atoms with Gasteiger partial charge in [-0.2, -0.15) is 26.3 Å². The summed E-state index contributed by atoms with van der Waals surface area (Å²) < 4.78 is 90.9. The Morgan fingerprint density at radius 1 is 0.982 bits per heavy atom. The zero-order chi connectivity index (χ0) is 40.1. The summed E-state index contributed by atoms with van der Waals surface area (Å²) in [7, 11) is 1.88. The summed E-state index contributed by atoms with van der Waals surface area (Å²) in [5.74, 6) is -0.603. The minimum atomic E-state index is -4.51. The molecular weight excluding hydrogens is 752 g/mol. The summed E-state index contributed by atoms with van der Waals surface area (Å²) in [4.78, 5) is 30.6. The zero-order valence-electron chi connectivity index (χ0n) is 30.2. The molecule has 0 saturated heterocycles. The molecule has 0 radical (unpaired) electrons. The van der Waals surface area contributed by atoms with Crippen molar-refractivity contribution in [2.24, 2.45) is 5.92 Å². The molecule has 0 aliphatic carbocycles. The number of ether oxygens (including phenoxy) is 2. The molecule has 15 heteroatoms. The average Bonchev–Trinajstić information content (AvgIpc) is 3.12. The van der Waals surface area contributed by atoms with Gasteiger partial charge in [-0.1, -0.05) is 48.9 Å². The van der Waals surface area contributed by atoms with Crippen LogP contribution in [0.4, 0.5) is 32.0 Å². The fourth-order valence-electron chi connectivity index (χ4n) is 6.15. The lowest BCUT2D eigenvalue weighted by Gasteiger charge is -2.38. The number of anilines is 1. The topological polar surface area (TPSA) is 91.3 Å². The van der Waals surface area contributed by atoms with E-state index in [1.165, 1.54) is 18.2 Å². The van der Waals surface area contributed by atoms with E-state index >= 15 is 0 Å². The summed E-state index contributed by atoms with van der Waals surface area (Å²) in [6.07, 6.45) is -9.76. The molecule has 0 unspecified atom stereocenters. The van der Waals surface area contributed by atoms with E-state index in [0.29, 0.717) is 24.4 Å². The van der Waals surface area contributed by atoms with Crippen LogP contribution in [-0.2, 0) is 36.7 Å².